The van der Waals surface area contributed by atoms with E-state index in [4.69, 9.17) is 15.0 Å². The van der Waals surface area contributed by atoms with E-state index in [1.165, 1.54) is 84.2 Å². The van der Waals surface area contributed by atoms with E-state index in [9.17, 15) is 0 Å². The van der Waals surface area contributed by atoms with E-state index in [0.717, 1.165) is 29.5 Å². The smallest absolute Gasteiger partial charge is 0.165 e. The van der Waals surface area contributed by atoms with E-state index in [1.54, 1.807) is 0 Å². The van der Waals surface area contributed by atoms with Gasteiger partial charge in [-0.05, 0) is 78.3 Å². The number of hydrogen-bond donors (Lipinski definition) is 0. The Kier molecular flexibility index (Phi) is 8.13. The molecule has 6 heteroatoms. The Morgan fingerprint density at radius 1 is 0.667 bits per heavy atom. The second kappa shape index (κ2) is 14.0. The van der Waals surface area contributed by atoms with E-state index in [2.05, 4.69) is 195 Å². The molecule has 66 heavy (non-hydrogen) atoms. The van der Waals surface area contributed by atoms with Crippen molar-refractivity contribution in [3.63, 3.8) is 0 Å². The van der Waals surface area contributed by atoms with E-state index < -0.39 is 0 Å². The van der Waals surface area contributed by atoms with Crippen molar-refractivity contribution in [1.82, 2.24) is 19.5 Å². The summed E-state index contributed by atoms with van der Waals surface area (Å²) in [5, 5.41) is 9.99. The predicted octanol–water partition coefficient (Wildman–Crippen LogP) is 14.5. The minimum atomic E-state index is -0.205. The summed E-state index contributed by atoms with van der Waals surface area (Å²) in [6.45, 7) is 7.32. The summed E-state index contributed by atoms with van der Waals surface area (Å²) in [6.07, 6.45) is 24.0. The summed E-state index contributed by atoms with van der Waals surface area (Å²) in [5.41, 5.74) is 8.00. The number of benzene rings is 6. The molecule has 4 unspecified atom stereocenters. The molecule has 0 amide bonds. The first-order valence-electron chi connectivity index (χ1n) is 23.2. The molecule has 10 aromatic rings. The molecule has 0 saturated heterocycles. The van der Waals surface area contributed by atoms with E-state index in [0.29, 0.717) is 29.3 Å². The van der Waals surface area contributed by atoms with Crippen LogP contribution in [-0.4, -0.2) is 19.5 Å². The summed E-state index contributed by atoms with van der Waals surface area (Å²) in [6, 6.07) is 43.8. The van der Waals surface area contributed by atoms with Crippen molar-refractivity contribution < 1.29 is 0 Å². The van der Waals surface area contributed by atoms with Crippen LogP contribution in [-0.2, 0) is 5.41 Å². The van der Waals surface area contributed by atoms with Crippen LogP contribution in [0.5, 0.6) is 0 Å². The first-order valence-corrected chi connectivity index (χ1v) is 24.8. The Balaban J connectivity index is 1.11. The van der Waals surface area contributed by atoms with Crippen LogP contribution < -0.4 is 10.6 Å². The Morgan fingerprint density at radius 2 is 1.45 bits per heavy atom. The average Bonchev–Trinajstić information content (AvgIpc) is 4.03. The van der Waals surface area contributed by atoms with Gasteiger partial charge in [0.1, 0.15) is 0 Å². The molecule has 4 nitrogen and oxygen atoms in total. The summed E-state index contributed by atoms with van der Waals surface area (Å²) in [7, 11) is 0. The molecule has 0 saturated carbocycles. The first kappa shape index (κ1) is 38.3. The molecule has 0 radical (unpaired) electrons. The monoisotopic (exact) mass is 884 g/mol. The van der Waals surface area contributed by atoms with E-state index >= 15 is 0 Å². The standard InChI is InChI=1S/C60H44N4S2/c1-35-15-14-32-60(3)46(35)29-27-40-45-34-59(2)31-12-11-19-38(59)33-48(45)64(55(40)60)47-30-28-44(54-52(47)42-26-25-36-16-7-8-20-39(36)53(42)66-54)58-62-56(37-17-5-4-6-18-37)61-57(63-58)43-22-13-24-50-51(43)41-21-9-10-23-49(41)65-50/h4-14,16-30,32-35,46H,15,31H2,1-3H3. The third-order valence-corrected chi connectivity index (χ3v) is 17.6. The molecular weight excluding hydrogens is 841 g/mol. The highest BCUT2D eigenvalue weighted by molar-refractivity contribution is 7.27. The molecule has 0 aliphatic heterocycles. The van der Waals surface area contributed by atoms with Gasteiger partial charge in [-0.3, -0.25) is 0 Å². The minimum absolute atomic E-state index is 0.0668. The zero-order valence-electron chi connectivity index (χ0n) is 36.9. The second-order valence-corrected chi connectivity index (χ2v) is 21.3. The highest BCUT2D eigenvalue weighted by Gasteiger charge is 2.45. The average molecular weight is 885 g/mol. The van der Waals surface area contributed by atoms with Gasteiger partial charge in [0, 0.05) is 84.3 Å². The van der Waals surface area contributed by atoms with Crippen LogP contribution in [0.4, 0.5) is 0 Å². The van der Waals surface area contributed by atoms with Gasteiger partial charge in [-0.2, -0.15) is 0 Å². The summed E-state index contributed by atoms with van der Waals surface area (Å²) < 4.78 is 7.60. The van der Waals surface area contributed by atoms with Gasteiger partial charge in [0.2, 0.25) is 0 Å². The van der Waals surface area contributed by atoms with Gasteiger partial charge in [-0.15, -0.1) is 22.7 Å². The molecular formula is C60H44N4S2. The Morgan fingerprint density at radius 3 is 2.35 bits per heavy atom. The van der Waals surface area contributed by atoms with Crippen molar-refractivity contribution in [2.75, 3.05) is 0 Å². The number of fused-ring (bicyclic) bond motifs is 14. The fourth-order valence-corrected chi connectivity index (χ4v) is 14.4. The molecule has 0 N–H and O–H groups in total. The quantitative estimate of drug-likeness (QED) is 0.165. The number of aromatic nitrogens is 4. The Labute approximate surface area is 390 Å². The van der Waals surface area contributed by atoms with Crippen LogP contribution in [0.25, 0.3) is 109 Å². The highest BCUT2D eigenvalue weighted by atomic mass is 32.1. The largest absolute Gasteiger partial charge is 0.311 e. The van der Waals surface area contributed by atoms with Crippen molar-refractivity contribution in [3.8, 4) is 39.9 Å². The molecule has 316 valence electrons. The number of nitrogens with zero attached hydrogens (tertiary/aromatic N) is 4. The SMILES string of the molecule is CC1CC=CC2(C)c3c(c4c(n3-c3ccc(-c5nc(-c6ccccc6)nc(-c6cccc7sc8ccccc8c67)n5)c5sc6c7ccccc7ccc6c35)=CC3=CC=CCC3(C)C=4)C=CC12. The van der Waals surface area contributed by atoms with Crippen LogP contribution in [0.1, 0.15) is 44.9 Å². The molecule has 4 aromatic heterocycles. The van der Waals surface area contributed by atoms with Crippen LogP contribution in [0, 0.1) is 17.3 Å². The van der Waals surface area contributed by atoms with E-state index in [1.807, 2.05) is 28.7 Å². The number of allylic oxidation sites excluding steroid dienone is 7. The van der Waals surface area contributed by atoms with Gasteiger partial charge in [-0.1, -0.05) is 160 Å². The van der Waals surface area contributed by atoms with Crippen LogP contribution >= 0.6 is 22.7 Å². The van der Waals surface area contributed by atoms with Crippen LogP contribution in [0.2, 0.25) is 0 Å². The van der Waals surface area contributed by atoms with Crippen molar-refractivity contribution in [2.45, 2.75) is 39.0 Å². The fourth-order valence-electron chi connectivity index (χ4n) is 11.9. The van der Waals surface area contributed by atoms with Crippen molar-refractivity contribution in [3.05, 3.63) is 185 Å². The van der Waals surface area contributed by atoms with E-state index in [-0.39, 0.29) is 10.8 Å². The van der Waals surface area contributed by atoms with Crippen LogP contribution in [0.3, 0.4) is 0 Å². The molecule has 4 aliphatic carbocycles. The summed E-state index contributed by atoms with van der Waals surface area (Å²) in [4.78, 5) is 16.2. The number of thiophene rings is 2. The number of rotatable bonds is 4. The lowest BCUT2D eigenvalue weighted by atomic mass is 9.62. The molecule has 4 atom stereocenters. The van der Waals surface area contributed by atoms with Gasteiger partial charge >= 0.3 is 0 Å². The van der Waals surface area contributed by atoms with Crippen molar-refractivity contribution in [2.24, 2.45) is 17.3 Å². The topological polar surface area (TPSA) is 43.6 Å². The Bertz CT molecular complexity index is 4010. The lowest BCUT2D eigenvalue weighted by Gasteiger charge is -2.43. The predicted molar refractivity (Wildman–Crippen MR) is 280 cm³/mol. The molecule has 4 heterocycles. The lowest BCUT2D eigenvalue weighted by Crippen LogP contribution is -2.40. The maximum Gasteiger partial charge on any atom is 0.165 e. The lowest BCUT2D eigenvalue weighted by molar-refractivity contribution is 0.286. The third kappa shape index (κ3) is 5.40. The second-order valence-electron chi connectivity index (χ2n) is 19.2. The van der Waals surface area contributed by atoms with Gasteiger partial charge in [0.05, 0.1) is 11.0 Å². The maximum atomic E-state index is 5.52. The van der Waals surface area contributed by atoms with Crippen molar-refractivity contribution in [1.29, 1.82) is 0 Å². The molecule has 0 bridgehead atoms. The summed E-state index contributed by atoms with van der Waals surface area (Å²) >= 11 is 3.69. The summed E-state index contributed by atoms with van der Waals surface area (Å²) in [5.74, 6) is 2.92. The first-order chi connectivity index (χ1) is 32.3. The highest BCUT2D eigenvalue weighted by Crippen LogP contribution is 2.51. The zero-order valence-corrected chi connectivity index (χ0v) is 38.6. The van der Waals surface area contributed by atoms with Gasteiger partial charge < -0.3 is 4.57 Å². The molecule has 0 fully saturated rings. The molecule has 6 aromatic carbocycles. The minimum Gasteiger partial charge on any atom is -0.311 e. The third-order valence-electron chi connectivity index (χ3n) is 15.2. The van der Waals surface area contributed by atoms with Gasteiger partial charge in [0.25, 0.3) is 0 Å². The fraction of sp³-hybridized carbons (Fsp3) is 0.150. The van der Waals surface area contributed by atoms with Gasteiger partial charge in [-0.25, -0.2) is 15.0 Å². The molecule has 14 rings (SSSR count). The zero-order chi connectivity index (χ0) is 43.9. The van der Waals surface area contributed by atoms with Crippen molar-refractivity contribution >= 4 is 92.0 Å². The van der Waals surface area contributed by atoms with Gasteiger partial charge in [0.15, 0.2) is 17.5 Å². The maximum absolute atomic E-state index is 5.52. The molecule has 4 aliphatic rings. The number of hydrogen-bond acceptors (Lipinski definition) is 5. The van der Waals surface area contributed by atoms with Crippen LogP contribution in [0.15, 0.2) is 163 Å². The molecule has 0 spiro atoms. The normalized spacial score (nSPS) is 21.7. The Hall–Kier alpha value is -6.99.